The smallest absolute Gasteiger partial charge is 0.284 e. The Morgan fingerprint density at radius 3 is 2.39 bits per heavy atom. The highest BCUT2D eigenvalue weighted by Gasteiger charge is 2.24. The lowest BCUT2D eigenvalue weighted by atomic mass is 9.89. The summed E-state index contributed by atoms with van der Waals surface area (Å²) in [5.41, 5.74) is 3.81. The molecule has 212 valence electrons. The Morgan fingerprint density at radius 2 is 1.82 bits per heavy atom. The van der Waals surface area contributed by atoms with Crippen LogP contribution in [-0.2, 0) is 24.4 Å². The molecule has 38 heavy (non-hydrogen) atoms. The summed E-state index contributed by atoms with van der Waals surface area (Å²) in [4.78, 5) is 16.7. The van der Waals surface area contributed by atoms with Gasteiger partial charge < -0.3 is 15.0 Å². The van der Waals surface area contributed by atoms with Gasteiger partial charge in [-0.15, -0.1) is 10.2 Å². The summed E-state index contributed by atoms with van der Waals surface area (Å²) >= 11 is 5.85. The minimum Gasteiger partial charge on any atom is -0.377 e. The lowest BCUT2D eigenvalue weighted by molar-refractivity contribution is 0.0784. The quantitative estimate of drug-likeness (QED) is 0.331. The third-order valence-electron chi connectivity index (χ3n) is 6.73. The van der Waals surface area contributed by atoms with E-state index in [4.69, 9.17) is 4.74 Å². The van der Waals surface area contributed by atoms with Crippen LogP contribution < -0.4 is 5.32 Å². The number of thiol groups is 1. The van der Waals surface area contributed by atoms with E-state index < -0.39 is 0 Å². The van der Waals surface area contributed by atoms with Gasteiger partial charge in [-0.2, -0.15) is 12.6 Å². The van der Waals surface area contributed by atoms with Gasteiger partial charge in [0.1, 0.15) is 5.01 Å². The summed E-state index contributed by atoms with van der Waals surface area (Å²) in [5.74, 6) is 0.550. The van der Waals surface area contributed by atoms with E-state index in [0.29, 0.717) is 35.4 Å². The lowest BCUT2D eigenvalue weighted by Gasteiger charge is -2.29. The number of nitrogens with zero attached hydrogens (tertiary/aromatic N) is 4. The number of aromatic nitrogens is 2. The molecule has 9 heteroatoms. The predicted octanol–water partition coefficient (Wildman–Crippen LogP) is 5.44. The van der Waals surface area contributed by atoms with Crippen molar-refractivity contribution in [1.82, 2.24) is 25.3 Å². The molecule has 2 aliphatic rings. The van der Waals surface area contributed by atoms with Crippen LogP contribution in [0.3, 0.4) is 0 Å². The van der Waals surface area contributed by atoms with Crippen molar-refractivity contribution in [2.24, 2.45) is 5.92 Å². The third-order valence-corrected chi connectivity index (χ3v) is 8.56. The van der Waals surface area contributed by atoms with Crippen LogP contribution in [0.1, 0.15) is 72.9 Å². The highest BCUT2D eigenvalue weighted by molar-refractivity contribution is 7.81. The molecule has 4 rings (SSSR count). The van der Waals surface area contributed by atoms with Crippen LogP contribution in [0.15, 0.2) is 35.9 Å². The van der Waals surface area contributed by atoms with Crippen molar-refractivity contribution in [1.29, 1.82) is 0 Å². The molecule has 1 saturated heterocycles. The molecule has 1 aliphatic carbocycles. The van der Waals surface area contributed by atoms with E-state index in [1.165, 1.54) is 48.4 Å². The summed E-state index contributed by atoms with van der Waals surface area (Å²) in [5, 5.41) is 12.7. The first-order valence-electron chi connectivity index (χ1n) is 13.7. The first-order chi connectivity index (χ1) is 18.3. The monoisotopic (exact) mass is 561 g/mol. The molecular formula is C29H47N5O2S2. The first-order valence-corrected chi connectivity index (χ1v) is 15.1. The van der Waals surface area contributed by atoms with E-state index in [9.17, 15) is 4.79 Å². The van der Waals surface area contributed by atoms with Gasteiger partial charge >= 0.3 is 0 Å². The Morgan fingerprint density at radius 1 is 1.18 bits per heavy atom. The van der Waals surface area contributed by atoms with Gasteiger partial charge in [-0.1, -0.05) is 68.0 Å². The number of hydrogen-bond donors (Lipinski definition) is 2. The summed E-state index contributed by atoms with van der Waals surface area (Å²) in [6, 6.07) is 8.56. The van der Waals surface area contributed by atoms with Gasteiger partial charge in [-0.05, 0) is 63.4 Å². The molecule has 1 amide bonds. The number of likely N-dealkylation sites (tertiary alicyclic amines) is 1. The average molecular weight is 562 g/mol. The fourth-order valence-corrected chi connectivity index (χ4v) is 5.64. The largest absolute Gasteiger partial charge is 0.377 e. The second-order valence-electron chi connectivity index (χ2n) is 9.83. The van der Waals surface area contributed by atoms with Crippen molar-refractivity contribution in [2.75, 3.05) is 34.3 Å². The molecule has 1 N–H and O–H groups in total. The van der Waals surface area contributed by atoms with Gasteiger partial charge in [0.2, 0.25) is 5.01 Å². The zero-order chi connectivity index (χ0) is 28.1. The van der Waals surface area contributed by atoms with Crippen molar-refractivity contribution in [2.45, 2.75) is 77.9 Å². The minimum atomic E-state index is -0.0824. The molecule has 1 aromatic carbocycles. The van der Waals surface area contributed by atoms with Crippen LogP contribution in [0.5, 0.6) is 0 Å². The molecular weight excluding hydrogens is 514 g/mol. The van der Waals surface area contributed by atoms with E-state index in [0.717, 1.165) is 23.5 Å². The molecule has 1 aromatic heterocycles. The van der Waals surface area contributed by atoms with Crippen LogP contribution in [0.2, 0.25) is 0 Å². The maximum absolute atomic E-state index is 12.5. The Kier molecular flexibility index (Phi) is 14.5. The van der Waals surface area contributed by atoms with Crippen molar-refractivity contribution in [3.63, 3.8) is 0 Å². The maximum atomic E-state index is 12.5. The molecule has 0 radical (unpaired) electrons. The van der Waals surface area contributed by atoms with Crippen LogP contribution >= 0.6 is 24.0 Å². The second kappa shape index (κ2) is 17.0. The number of carbonyl (C=O) groups excluding carboxylic acids is 1. The molecule has 3 unspecified atom stereocenters. The number of carbonyl (C=O) groups is 1. The van der Waals surface area contributed by atoms with Crippen LogP contribution in [0.25, 0.3) is 0 Å². The van der Waals surface area contributed by atoms with E-state index in [1.54, 1.807) is 19.1 Å². The van der Waals surface area contributed by atoms with Gasteiger partial charge in [-0.3, -0.25) is 9.69 Å². The fraction of sp³-hybridized carbons (Fsp3) is 0.621. The third kappa shape index (κ3) is 10.1. The predicted molar refractivity (Wildman–Crippen MR) is 162 cm³/mol. The maximum Gasteiger partial charge on any atom is 0.284 e. The normalized spacial score (nSPS) is 21.1. The van der Waals surface area contributed by atoms with Crippen molar-refractivity contribution in [3.05, 3.63) is 57.1 Å². The Labute approximate surface area is 239 Å². The second-order valence-corrected chi connectivity index (χ2v) is 11.5. The molecule has 0 bridgehead atoms. The topological polar surface area (TPSA) is 70.6 Å². The summed E-state index contributed by atoms with van der Waals surface area (Å²) in [6.07, 6.45) is 6.22. The molecule has 1 aliphatic heterocycles. The van der Waals surface area contributed by atoms with Gasteiger partial charge in [0.15, 0.2) is 0 Å². The Bertz CT molecular complexity index is 989. The van der Waals surface area contributed by atoms with Gasteiger partial charge in [0, 0.05) is 39.0 Å². The average Bonchev–Trinajstić information content (AvgIpc) is 3.62. The molecule has 3 atom stereocenters. The standard InChI is InChI=1S/C18H25N5OS.C9H16OS.C2H6/c1-19-11-16-20-21-17(25-16)18(24)22(2)12-14-5-7-15(8-6-14)13-23-9-3-4-10-23;1-6-4-8(10-3)5-7(2)9(6)11;1-2/h5-8,19H,3-4,9-13H2,1-2H3;4,7-9,11H,5H2,1-3H3;1-2H3. The number of benzene rings is 1. The van der Waals surface area contributed by atoms with E-state index in [-0.39, 0.29) is 5.91 Å². The SMILES string of the molecule is CC.CNCc1nnc(C(=O)N(C)Cc2ccc(CN3CCCC3)cc2)s1.COC1C=C(C)C(S)C(C)C1. The first kappa shape index (κ1) is 32.4. The Balaban J connectivity index is 0.000000327. The van der Waals surface area contributed by atoms with Crippen molar-refractivity contribution in [3.8, 4) is 0 Å². The number of ether oxygens (including phenoxy) is 1. The van der Waals surface area contributed by atoms with E-state index in [2.05, 4.69) is 77.2 Å². The number of rotatable bonds is 8. The highest BCUT2D eigenvalue weighted by atomic mass is 32.1. The fourth-order valence-electron chi connectivity index (χ4n) is 4.59. The number of amides is 1. The molecule has 0 saturated carbocycles. The summed E-state index contributed by atoms with van der Waals surface area (Å²) in [6.45, 7) is 13.0. The molecule has 0 spiro atoms. The van der Waals surface area contributed by atoms with Crippen molar-refractivity contribution >= 4 is 29.9 Å². The number of methoxy groups -OCH3 is 1. The molecule has 2 aromatic rings. The van der Waals surface area contributed by atoms with Gasteiger partial charge in [-0.25, -0.2) is 0 Å². The van der Waals surface area contributed by atoms with Gasteiger partial charge in [0.25, 0.3) is 5.91 Å². The summed E-state index contributed by atoms with van der Waals surface area (Å²) < 4.78 is 5.27. The zero-order valence-corrected chi connectivity index (χ0v) is 25.9. The zero-order valence-electron chi connectivity index (χ0n) is 24.2. The Hall–Kier alpha value is -1.78. The highest BCUT2D eigenvalue weighted by Crippen LogP contribution is 2.29. The van der Waals surface area contributed by atoms with Crippen LogP contribution in [0.4, 0.5) is 0 Å². The van der Waals surface area contributed by atoms with Crippen molar-refractivity contribution < 1.29 is 9.53 Å². The summed E-state index contributed by atoms with van der Waals surface area (Å²) in [7, 11) is 5.42. The lowest BCUT2D eigenvalue weighted by Crippen LogP contribution is -2.26. The van der Waals surface area contributed by atoms with Crippen LogP contribution in [0, 0.1) is 5.92 Å². The molecule has 1 fully saturated rings. The minimum absolute atomic E-state index is 0.0824. The number of nitrogens with one attached hydrogen (secondary N) is 1. The molecule has 2 heterocycles. The molecule has 7 nitrogen and oxygen atoms in total. The van der Waals surface area contributed by atoms with Crippen LogP contribution in [-0.4, -0.2) is 71.6 Å². The van der Waals surface area contributed by atoms with E-state index >= 15 is 0 Å². The number of hydrogen-bond acceptors (Lipinski definition) is 8. The van der Waals surface area contributed by atoms with E-state index in [1.807, 2.05) is 20.9 Å². The van der Waals surface area contributed by atoms with Gasteiger partial charge in [0.05, 0.1) is 6.10 Å².